The first kappa shape index (κ1) is 12.2. The molecule has 0 unspecified atom stereocenters. The minimum atomic E-state index is -0.243. The summed E-state index contributed by atoms with van der Waals surface area (Å²) in [5.74, 6) is 0.703. The molecule has 0 saturated carbocycles. The number of aliphatic hydroxyl groups excluding tert-OH is 1. The first-order chi connectivity index (χ1) is 7.06. The van der Waals surface area contributed by atoms with Crippen molar-refractivity contribution in [3.63, 3.8) is 0 Å². The van der Waals surface area contributed by atoms with Gasteiger partial charge >= 0.3 is 0 Å². The predicted molar refractivity (Wildman–Crippen MR) is 61.9 cm³/mol. The first-order valence-electron chi connectivity index (χ1n) is 4.66. The summed E-state index contributed by atoms with van der Waals surface area (Å²) >= 11 is 3.14. The lowest BCUT2D eigenvalue weighted by Gasteiger charge is -2.20. The van der Waals surface area contributed by atoms with Gasteiger partial charge in [-0.3, -0.25) is 4.79 Å². The summed E-state index contributed by atoms with van der Waals surface area (Å²) in [6.45, 7) is 3.96. The van der Waals surface area contributed by atoms with Gasteiger partial charge in [-0.15, -0.1) is 0 Å². The Morgan fingerprint density at radius 3 is 2.87 bits per heavy atom. The van der Waals surface area contributed by atoms with Crippen molar-refractivity contribution < 1.29 is 5.11 Å². The second kappa shape index (κ2) is 5.27. The Bertz CT molecular complexity index is 378. The fraction of sp³-hybridized carbons (Fsp3) is 0.556. The molecule has 6 heteroatoms. The predicted octanol–water partition coefficient (Wildman–Crippen LogP) is 0.961. The fourth-order valence-corrected chi connectivity index (χ4v) is 1.41. The van der Waals surface area contributed by atoms with Gasteiger partial charge in [0.2, 0.25) is 0 Å². The van der Waals surface area contributed by atoms with Crippen molar-refractivity contribution in [2.24, 2.45) is 5.92 Å². The van der Waals surface area contributed by atoms with Crippen molar-refractivity contribution in [3.8, 4) is 0 Å². The van der Waals surface area contributed by atoms with Crippen molar-refractivity contribution >= 4 is 21.7 Å². The van der Waals surface area contributed by atoms with E-state index in [4.69, 9.17) is 5.11 Å². The van der Waals surface area contributed by atoms with Crippen LogP contribution in [0.25, 0.3) is 0 Å². The Balaban J connectivity index is 2.88. The minimum absolute atomic E-state index is 0.00140. The zero-order valence-electron chi connectivity index (χ0n) is 8.62. The fourth-order valence-electron chi connectivity index (χ4n) is 1.08. The normalized spacial score (nSPS) is 12.9. The maximum absolute atomic E-state index is 11.2. The molecule has 1 atom stereocenters. The Labute approximate surface area is 96.1 Å². The maximum atomic E-state index is 11.2. The lowest BCUT2D eigenvalue weighted by molar-refractivity contribution is 0.249. The van der Waals surface area contributed by atoms with Gasteiger partial charge in [0, 0.05) is 0 Å². The molecule has 0 radical (unpaired) electrons. The number of rotatable bonds is 4. The van der Waals surface area contributed by atoms with Crippen LogP contribution in [0.5, 0.6) is 0 Å². The molecule has 1 rings (SSSR count). The highest BCUT2D eigenvalue weighted by atomic mass is 79.9. The number of nitrogens with zero attached hydrogens (tertiary/aromatic N) is 1. The highest BCUT2D eigenvalue weighted by Crippen LogP contribution is 2.16. The summed E-state index contributed by atoms with van der Waals surface area (Å²) < 4.78 is 0.351. The number of nitrogens with one attached hydrogen (secondary N) is 2. The lowest BCUT2D eigenvalue weighted by atomic mass is 10.1. The summed E-state index contributed by atoms with van der Waals surface area (Å²) in [4.78, 5) is 17.7. The number of hydrogen-bond donors (Lipinski definition) is 3. The molecule has 3 N–H and O–H groups in total. The van der Waals surface area contributed by atoms with E-state index in [1.54, 1.807) is 0 Å². The zero-order chi connectivity index (χ0) is 11.4. The average molecular weight is 276 g/mol. The Morgan fingerprint density at radius 2 is 2.33 bits per heavy atom. The number of halogens is 1. The van der Waals surface area contributed by atoms with E-state index in [0.717, 1.165) is 0 Å². The molecule has 1 heterocycles. The summed E-state index contributed by atoms with van der Waals surface area (Å²) in [6, 6.07) is -0.115. The molecular weight excluding hydrogens is 262 g/mol. The minimum Gasteiger partial charge on any atom is -0.394 e. The molecule has 1 aromatic heterocycles. The van der Waals surface area contributed by atoms with Crippen LogP contribution in [0.3, 0.4) is 0 Å². The zero-order valence-corrected chi connectivity index (χ0v) is 10.2. The molecule has 0 amide bonds. The van der Waals surface area contributed by atoms with Gasteiger partial charge in [-0.1, -0.05) is 13.8 Å². The Morgan fingerprint density at radius 1 is 1.67 bits per heavy atom. The van der Waals surface area contributed by atoms with Crippen LogP contribution < -0.4 is 10.9 Å². The summed E-state index contributed by atoms with van der Waals surface area (Å²) in [7, 11) is 0. The van der Waals surface area contributed by atoms with Gasteiger partial charge < -0.3 is 15.4 Å². The summed E-state index contributed by atoms with van der Waals surface area (Å²) in [5.41, 5.74) is -0.243. The molecule has 15 heavy (non-hydrogen) atoms. The number of hydrogen-bond acceptors (Lipinski definition) is 4. The molecular formula is C9H14BrN3O2. The van der Waals surface area contributed by atoms with Crippen LogP contribution in [-0.4, -0.2) is 27.7 Å². The van der Waals surface area contributed by atoms with E-state index < -0.39 is 0 Å². The molecule has 0 fully saturated rings. The van der Waals surface area contributed by atoms with E-state index in [2.05, 4.69) is 31.2 Å². The number of H-pyrrole nitrogens is 1. The molecule has 84 valence electrons. The molecule has 0 aliphatic heterocycles. The second-order valence-electron chi connectivity index (χ2n) is 3.57. The molecule has 0 spiro atoms. The molecule has 1 aromatic rings. The van der Waals surface area contributed by atoms with Crippen LogP contribution in [0.15, 0.2) is 15.6 Å². The summed E-state index contributed by atoms with van der Waals surface area (Å²) in [5, 5.41) is 12.1. The Kier molecular flexibility index (Phi) is 4.28. The number of aromatic nitrogens is 2. The van der Waals surface area contributed by atoms with E-state index in [1.807, 2.05) is 13.8 Å². The quantitative estimate of drug-likeness (QED) is 0.765. The van der Waals surface area contributed by atoms with Crippen molar-refractivity contribution in [1.29, 1.82) is 0 Å². The molecule has 0 aliphatic rings. The Hall–Kier alpha value is -0.880. The monoisotopic (exact) mass is 275 g/mol. The van der Waals surface area contributed by atoms with Crippen LogP contribution in [0.4, 0.5) is 5.82 Å². The molecule has 0 saturated heterocycles. The third kappa shape index (κ3) is 3.04. The van der Waals surface area contributed by atoms with E-state index in [-0.39, 0.29) is 24.1 Å². The number of aliphatic hydroxyl groups is 1. The van der Waals surface area contributed by atoms with E-state index in [9.17, 15) is 4.79 Å². The van der Waals surface area contributed by atoms with Gasteiger partial charge in [0.15, 0.2) is 0 Å². The van der Waals surface area contributed by atoms with Crippen molar-refractivity contribution in [1.82, 2.24) is 9.97 Å². The van der Waals surface area contributed by atoms with Gasteiger partial charge in [-0.25, -0.2) is 4.98 Å². The van der Waals surface area contributed by atoms with E-state index in [0.29, 0.717) is 10.3 Å². The van der Waals surface area contributed by atoms with Crippen LogP contribution in [0, 0.1) is 5.92 Å². The molecule has 5 nitrogen and oxygen atoms in total. The van der Waals surface area contributed by atoms with E-state index >= 15 is 0 Å². The number of anilines is 1. The topological polar surface area (TPSA) is 78.0 Å². The average Bonchev–Trinajstić information content (AvgIpc) is 2.19. The first-order valence-corrected chi connectivity index (χ1v) is 5.46. The second-order valence-corrected chi connectivity index (χ2v) is 4.36. The third-order valence-corrected chi connectivity index (χ3v) is 2.86. The van der Waals surface area contributed by atoms with Gasteiger partial charge in [0.05, 0.1) is 19.0 Å². The van der Waals surface area contributed by atoms with Gasteiger partial charge in [0.25, 0.3) is 5.56 Å². The molecule has 0 aromatic carbocycles. The van der Waals surface area contributed by atoms with Crippen molar-refractivity contribution in [3.05, 3.63) is 21.2 Å². The van der Waals surface area contributed by atoms with Gasteiger partial charge in [-0.05, 0) is 21.8 Å². The lowest BCUT2D eigenvalue weighted by Crippen LogP contribution is -2.30. The van der Waals surface area contributed by atoms with Gasteiger partial charge in [0.1, 0.15) is 10.3 Å². The maximum Gasteiger partial charge on any atom is 0.267 e. The summed E-state index contributed by atoms with van der Waals surface area (Å²) in [6.07, 6.45) is 1.32. The molecule has 0 bridgehead atoms. The van der Waals surface area contributed by atoms with Crippen LogP contribution >= 0.6 is 15.9 Å². The SMILES string of the molecule is CC(C)[C@@H](CO)Nc1nc[nH]c(=O)c1Br. The van der Waals surface area contributed by atoms with Crippen LogP contribution in [-0.2, 0) is 0 Å². The largest absolute Gasteiger partial charge is 0.394 e. The number of aromatic amines is 1. The van der Waals surface area contributed by atoms with E-state index in [1.165, 1.54) is 6.33 Å². The standard InChI is InChI=1S/C9H14BrN3O2/c1-5(2)6(3-14)13-8-7(10)9(15)12-4-11-8/h4-6,14H,3H2,1-2H3,(H2,11,12,13,15)/t6-/m1/s1. The third-order valence-electron chi connectivity index (χ3n) is 2.12. The van der Waals surface area contributed by atoms with Crippen molar-refractivity contribution in [2.45, 2.75) is 19.9 Å². The smallest absolute Gasteiger partial charge is 0.267 e. The van der Waals surface area contributed by atoms with Crippen molar-refractivity contribution in [2.75, 3.05) is 11.9 Å². The highest BCUT2D eigenvalue weighted by Gasteiger charge is 2.14. The van der Waals surface area contributed by atoms with Gasteiger partial charge in [-0.2, -0.15) is 0 Å². The van der Waals surface area contributed by atoms with Crippen LogP contribution in [0.1, 0.15) is 13.8 Å². The van der Waals surface area contributed by atoms with Crippen LogP contribution in [0.2, 0.25) is 0 Å². The highest BCUT2D eigenvalue weighted by molar-refractivity contribution is 9.10. The molecule has 0 aliphatic carbocycles.